The highest BCUT2D eigenvalue weighted by Crippen LogP contribution is 2.33. The molecule has 0 N–H and O–H groups in total. The van der Waals surface area contributed by atoms with E-state index in [1.54, 1.807) is 11.0 Å². The van der Waals surface area contributed by atoms with Gasteiger partial charge in [-0.2, -0.15) is 5.26 Å². The Morgan fingerprint density at radius 2 is 1.74 bits per heavy atom. The molecule has 0 unspecified atom stereocenters. The maximum absolute atomic E-state index is 12.9. The van der Waals surface area contributed by atoms with Crippen molar-refractivity contribution in [2.24, 2.45) is 5.41 Å². The third-order valence-electron chi connectivity index (χ3n) is 3.34. The van der Waals surface area contributed by atoms with Gasteiger partial charge in [0.25, 0.3) is 0 Å². The monoisotopic (exact) mass is 264 g/mol. The predicted octanol–water partition coefficient (Wildman–Crippen LogP) is 3.91. The number of rotatable bonds is 7. The van der Waals surface area contributed by atoms with Gasteiger partial charge in [-0.1, -0.05) is 32.8 Å². The van der Waals surface area contributed by atoms with E-state index in [1.165, 1.54) is 0 Å². The fourth-order valence-electron chi connectivity index (χ4n) is 2.40. The fourth-order valence-corrected chi connectivity index (χ4v) is 2.40. The van der Waals surface area contributed by atoms with Crippen LogP contribution in [0.4, 0.5) is 0 Å². The molecular formula is C16H28N2O. The van der Waals surface area contributed by atoms with Crippen LogP contribution in [-0.4, -0.2) is 22.9 Å². The lowest BCUT2D eigenvalue weighted by atomic mass is 9.78. The van der Waals surface area contributed by atoms with Crippen molar-refractivity contribution >= 4 is 5.91 Å². The van der Waals surface area contributed by atoms with E-state index in [-0.39, 0.29) is 11.4 Å². The van der Waals surface area contributed by atoms with E-state index >= 15 is 0 Å². The van der Waals surface area contributed by atoms with E-state index < -0.39 is 5.41 Å². The number of hydrogen-bond donors (Lipinski definition) is 0. The standard InChI is InChI=1S/C16H28N2O/c1-7-10-16(13-17,11-8-2)14(19)18(12-9-3)15(4,5)6/h9H,3,7-8,10-12H2,1-2,4-6H3. The van der Waals surface area contributed by atoms with Crippen molar-refractivity contribution in [3.63, 3.8) is 0 Å². The van der Waals surface area contributed by atoms with Gasteiger partial charge in [-0.3, -0.25) is 4.79 Å². The lowest BCUT2D eigenvalue weighted by Gasteiger charge is -2.40. The molecule has 0 saturated heterocycles. The van der Waals surface area contributed by atoms with Gasteiger partial charge in [0, 0.05) is 12.1 Å². The summed E-state index contributed by atoms with van der Waals surface area (Å²) in [6.45, 7) is 14.2. The Balaban J connectivity index is 5.48. The topological polar surface area (TPSA) is 44.1 Å². The van der Waals surface area contributed by atoms with Crippen LogP contribution in [0.2, 0.25) is 0 Å². The number of amides is 1. The van der Waals surface area contributed by atoms with Crippen molar-refractivity contribution < 1.29 is 4.79 Å². The summed E-state index contributed by atoms with van der Waals surface area (Å²) >= 11 is 0. The molecule has 108 valence electrons. The van der Waals surface area contributed by atoms with Gasteiger partial charge in [0.15, 0.2) is 0 Å². The molecule has 3 heteroatoms. The third kappa shape index (κ3) is 4.38. The van der Waals surface area contributed by atoms with Crippen LogP contribution in [0.25, 0.3) is 0 Å². The summed E-state index contributed by atoms with van der Waals surface area (Å²) in [6, 6.07) is 2.30. The van der Waals surface area contributed by atoms with Crippen LogP contribution in [0, 0.1) is 16.7 Å². The minimum absolute atomic E-state index is 0.0499. The van der Waals surface area contributed by atoms with Crippen LogP contribution >= 0.6 is 0 Å². The lowest BCUT2D eigenvalue weighted by Crippen LogP contribution is -2.52. The molecule has 0 aromatic carbocycles. The van der Waals surface area contributed by atoms with Gasteiger partial charge in [0.1, 0.15) is 5.41 Å². The number of carbonyl (C=O) groups excluding carboxylic acids is 1. The molecular weight excluding hydrogens is 236 g/mol. The Hall–Kier alpha value is -1.30. The Labute approximate surface area is 118 Å². The van der Waals surface area contributed by atoms with Gasteiger partial charge in [-0.05, 0) is 33.6 Å². The summed E-state index contributed by atoms with van der Waals surface area (Å²) in [4.78, 5) is 14.6. The molecule has 1 amide bonds. The Morgan fingerprint density at radius 1 is 1.26 bits per heavy atom. The molecule has 0 aliphatic heterocycles. The average Bonchev–Trinajstić information content (AvgIpc) is 2.33. The minimum atomic E-state index is -0.875. The van der Waals surface area contributed by atoms with E-state index in [2.05, 4.69) is 12.6 Å². The third-order valence-corrected chi connectivity index (χ3v) is 3.34. The summed E-state index contributed by atoms with van der Waals surface area (Å²) in [5.74, 6) is -0.0499. The van der Waals surface area contributed by atoms with Crippen molar-refractivity contribution in [1.82, 2.24) is 4.90 Å². The molecule has 0 radical (unpaired) electrons. The first-order valence-electron chi connectivity index (χ1n) is 7.13. The normalized spacial score (nSPS) is 11.8. The van der Waals surface area contributed by atoms with Crippen LogP contribution < -0.4 is 0 Å². The highest BCUT2D eigenvalue weighted by atomic mass is 16.2. The molecule has 0 saturated carbocycles. The maximum atomic E-state index is 12.9. The number of nitriles is 1. The molecule has 0 spiro atoms. The highest BCUT2D eigenvalue weighted by Gasteiger charge is 2.42. The molecule has 3 nitrogen and oxygen atoms in total. The second kappa shape index (κ2) is 7.33. The molecule has 0 aromatic rings. The van der Waals surface area contributed by atoms with Crippen molar-refractivity contribution in [1.29, 1.82) is 5.26 Å². The largest absolute Gasteiger partial charge is 0.333 e. The number of nitrogens with zero attached hydrogens (tertiary/aromatic N) is 2. The van der Waals surface area contributed by atoms with Crippen molar-refractivity contribution in [2.45, 2.75) is 65.8 Å². The molecule has 0 aliphatic carbocycles. The van der Waals surface area contributed by atoms with E-state index in [4.69, 9.17) is 0 Å². The van der Waals surface area contributed by atoms with Crippen LogP contribution in [0.3, 0.4) is 0 Å². The van der Waals surface area contributed by atoms with Crippen molar-refractivity contribution in [3.05, 3.63) is 12.7 Å². The average molecular weight is 264 g/mol. The Morgan fingerprint density at radius 3 is 2.00 bits per heavy atom. The zero-order valence-electron chi connectivity index (χ0n) is 13.1. The predicted molar refractivity (Wildman–Crippen MR) is 79.5 cm³/mol. The first-order chi connectivity index (χ1) is 8.79. The zero-order valence-corrected chi connectivity index (χ0v) is 13.1. The molecule has 0 aromatic heterocycles. The molecule has 0 rings (SSSR count). The Bertz CT molecular complexity index is 341. The molecule has 0 aliphatic rings. The zero-order chi connectivity index (χ0) is 15.1. The second-order valence-electron chi connectivity index (χ2n) is 6.07. The molecule has 0 fully saturated rings. The summed E-state index contributed by atoms with van der Waals surface area (Å²) in [6.07, 6.45) is 4.65. The van der Waals surface area contributed by atoms with Crippen molar-refractivity contribution in [2.75, 3.05) is 6.54 Å². The van der Waals surface area contributed by atoms with E-state index in [0.717, 1.165) is 12.8 Å². The molecule has 19 heavy (non-hydrogen) atoms. The minimum Gasteiger partial charge on any atom is -0.333 e. The van der Waals surface area contributed by atoms with E-state index in [1.807, 2.05) is 34.6 Å². The van der Waals surface area contributed by atoms with E-state index in [0.29, 0.717) is 19.4 Å². The molecule has 0 bridgehead atoms. The van der Waals surface area contributed by atoms with Gasteiger partial charge in [-0.25, -0.2) is 0 Å². The van der Waals surface area contributed by atoms with Crippen molar-refractivity contribution in [3.8, 4) is 6.07 Å². The smallest absolute Gasteiger partial charge is 0.243 e. The van der Waals surface area contributed by atoms with Gasteiger partial charge in [0.05, 0.1) is 6.07 Å². The quantitative estimate of drug-likeness (QED) is 0.654. The SMILES string of the molecule is C=CCN(C(=O)C(C#N)(CCC)CCC)C(C)(C)C. The first kappa shape index (κ1) is 17.7. The lowest BCUT2D eigenvalue weighted by molar-refractivity contribution is -0.144. The van der Waals surface area contributed by atoms with Crippen LogP contribution in [0.5, 0.6) is 0 Å². The maximum Gasteiger partial charge on any atom is 0.243 e. The summed E-state index contributed by atoms with van der Waals surface area (Å²) in [5.41, 5.74) is -1.17. The highest BCUT2D eigenvalue weighted by molar-refractivity contribution is 5.86. The second-order valence-corrected chi connectivity index (χ2v) is 6.07. The summed E-state index contributed by atoms with van der Waals surface area (Å²) in [7, 11) is 0. The van der Waals surface area contributed by atoms with Crippen LogP contribution in [0.1, 0.15) is 60.3 Å². The van der Waals surface area contributed by atoms with Gasteiger partial charge >= 0.3 is 0 Å². The first-order valence-corrected chi connectivity index (χ1v) is 7.13. The Kier molecular flexibility index (Phi) is 6.83. The fraction of sp³-hybridized carbons (Fsp3) is 0.750. The van der Waals surface area contributed by atoms with Gasteiger partial charge < -0.3 is 4.90 Å². The van der Waals surface area contributed by atoms with Crippen LogP contribution in [0.15, 0.2) is 12.7 Å². The van der Waals surface area contributed by atoms with Gasteiger partial charge in [0.2, 0.25) is 5.91 Å². The molecule has 0 atom stereocenters. The number of carbonyl (C=O) groups is 1. The van der Waals surface area contributed by atoms with Crippen LogP contribution in [-0.2, 0) is 4.79 Å². The summed E-state index contributed by atoms with van der Waals surface area (Å²) < 4.78 is 0. The van der Waals surface area contributed by atoms with E-state index in [9.17, 15) is 10.1 Å². The molecule has 0 heterocycles. The van der Waals surface area contributed by atoms with Gasteiger partial charge in [-0.15, -0.1) is 6.58 Å². The number of hydrogen-bond acceptors (Lipinski definition) is 2. The summed E-state index contributed by atoms with van der Waals surface area (Å²) in [5, 5.41) is 9.57.